The Morgan fingerprint density at radius 2 is 2.03 bits per heavy atom. The number of alkyl halides is 3. The maximum absolute atomic E-state index is 13.3. The van der Waals surface area contributed by atoms with E-state index in [1.54, 1.807) is 4.90 Å². The van der Waals surface area contributed by atoms with Crippen LogP contribution in [0.25, 0.3) is 11.0 Å². The summed E-state index contributed by atoms with van der Waals surface area (Å²) < 4.78 is 41.2. The molecule has 1 aliphatic heterocycles. The van der Waals surface area contributed by atoms with Crippen LogP contribution in [0.15, 0.2) is 24.3 Å². The largest absolute Gasteiger partial charge is 0.435 e. The quantitative estimate of drug-likeness (QED) is 0.707. The Kier molecular flexibility index (Phi) is 4.56. The number of aromatic amines is 1. The number of piperidine rings is 1. The summed E-state index contributed by atoms with van der Waals surface area (Å²) in [6.07, 6.45) is -1.16. The molecule has 9 heteroatoms. The van der Waals surface area contributed by atoms with Crippen molar-refractivity contribution in [1.82, 2.24) is 24.6 Å². The highest BCUT2D eigenvalue weighted by molar-refractivity contribution is 5.77. The molecule has 1 fully saturated rings. The van der Waals surface area contributed by atoms with Crippen LogP contribution >= 0.6 is 0 Å². The van der Waals surface area contributed by atoms with Crippen LogP contribution < -0.4 is 0 Å². The average Bonchev–Trinajstić information content (AvgIpc) is 3.43. The van der Waals surface area contributed by atoms with Crippen molar-refractivity contribution in [2.75, 3.05) is 13.1 Å². The van der Waals surface area contributed by atoms with Gasteiger partial charge in [-0.3, -0.25) is 9.48 Å². The average molecular weight is 417 g/mol. The lowest BCUT2D eigenvalue weighted by Gasteiger charge is -2.32. The Balaban J connectivity index is 1.33. The summed E-state index contributed by atoms with van der Waals surface area (Å²) in [6.45, 7) is 0.963. The van der Waals surface area contributed by atoms with Crippen molar-refractivity contribution in [3.8, 4) is 0 Å². The topological polar surface area (TPSA) is 66.8 Å². The zero-order valence-electron chi connectivity index (χ0n) is 16.4. The van der Waals surface area contributed by atoms with Crippen molar-refractivity contribution in [3.05, 3.63) is 47.0 Å². The number of aromatic nitrogens is 4. The number of amides is 1. The highest BCUT2D eigenvalue weighted by atomic mass is 19.4. The maximum atomic E-state index is 13.3. The van der Waals surface area contributed by atoms with Crippen LogP contribution in [0.5, 0.6) is 0 Å². The number of benzene rings is 1. The van der Waals surface area contributed by atoms with Gasteiger partial charge in [-0.25, -0.2) is 4.98 Å². The number of hydrogen-bond acceptors (Lipinski definition) is 3. The summed E-state index contributed by atoms with van der Waals surface area (Å²) in [6, 6.07) is 7.78. The second-order valence-electron chi connectivity index (χ2n) is 8.10. The molecule has 2 aromatic heterocycles. The zero-order valence-corrected chi connectivity index (χ0v) is 16.4. The van der Waals surface area contributed by atoms with Gasteiger partial charge < -0.3 is 9.88 Å². The van der Waals surface area contributed by atoms with Gasteiger partial charge >= 0.3 is 6.18 Å². The zero-order chi connectivity index (χ0) is 20.9. The first-order chi connectivity index (χ1) is 14.4. The van der Waals surface area contributed by atoms with Crippen molar-refractivity contribution in [2.24, 2.45) is 0 Å². The number of rotatable bonds is 3. The molecule has 1 saturated heterocycles. The molecule has 1 N–H and O–H groups in total. The van der Waals surface area contributed by atoms with Crippen LogP contribution in [0.4, 0.5) is 13.2 Å². The number of para-hydroxylation sites is 2. The number of halogens is 3. The number of hydrogen-bond donors (Lipinski definition) is 1. The monoisotopic (exact) mass is 417 g/mol. The summed E-state index contributed by atoms with van der Waals surface area (Å²) in [4.78, 5) is 22.7. The van der Waals surface area contributed by atoms with E-state index in [1.165, 1.54) is 4.68 Å². The number of imidazole rings is 1. The SMILES string of the molecule is O=C(Cn1nc(C(F)(F)F)c2c1CCC2)N1CCCC(c2nc3ccccc3[nH]2)C1. The molecule has 1 atom stereocenters. The summed E-state index contributed by atoms with van der Waals surface area (Å²) in [5.41, 5.74) is 1.84. The first-order valence-corrected chi connectivity index (χ1v) is 10.3. The number of nitrogens with zero attached hydrogens (tertiary/aromatic N) is 4. The molecule has 0 spiro atoms. The summed E-state index contributed by atoms with van der Waals surface area (Å²) in [5, 5.41) is 3.77. The van der Waals surface area contributed by atoms with E-state index < -0.39 is 11.9 Å². The Bertz CT molecular complexity index is 1070. The summed E-state index contributed by atoms with van der Waals surface area (Å²) >= 11 is 0. The lowest BCUT2D eigenvalue weighted by atomic mass is 9.97. The third kappa shape index (κ3) is 3.36. The molecule has 0 radical (unpaired) electrons. The molecular weight excluding hydrogens is 395 g/mol. The molecule has 5 rings (SSSR count). The second-order valence-corrected chi connectivity index (χ2v) is 8.10. The Hall–Kier alpha value is -2.84. The van der Waals surface area contributed by atoms with E-state index in [-0.39, 0.29) is 23.9 Å². The lowest BCUT2D eigenvalue weighted by Crippen LogP contribution is -2.41. The van der Waals surface area contributed by atoms with Crippen LogP contribution in [0.1, 0.15) is 48.0 Å². The van der Waals surface area contributed by atoms with E-state index in [4.69, 9.17) is 0 Å². The number of fused-ring (bicyclic) bond motifs is 2. The first kappa shape index (κ1) is 19.1. The third-order valence-corrected chi connectivity index (χ3v) is 6.13. The van der Waals surface area contributed by atoms with E-state index in [0.29, 0.717) is 38.0 Å². The van der Waals surface area contributed by atoms with Crippen LogP contribution in [-0.4, -0.2) is 43.6 Å². The van der Waals surface area contributed by atoms with Crippen molar-refractivity contribution in [3.63, 3.8) is 0 Å². The fourth-order valence-corrected chi connectivity index (χ4v) is 4.69. The molecule has 1 unspecified atom stereocenters. The lowest BCUT2D eigenvalue weighted by molar-refractivity contribution is -0.142. The van der Waals surface area contributed by atoms with Gasteiger partial charge in [0, 0.05) is 30.3 Å². The third-order valence-electron chi connectivity index (χ3n) is 6.13. The van der Waals surface area contributed by atoms with Crippen molar-refractivity contribution < 1.29 is 18.0 Å². The molecule has 3 aromatic rings. The molecule has 1 aromatic carbocycles. The maximum Gasteiger partial charge on any atom is 0.435 e. The van der Waals surface area contributed by atoms with E-state index in [0.717, 1.165) is 29.7 Å². The van der Waals surface area contributed by atoms with Gasteiger partial charge in [0.15, 0.2) is 5.69 Å². The van der Waals surface area contributed by atoms with Crippen molar-refractivity contribution in [2.45, 2.75) is 50.7 Å². The van der Waals surface area contributed by atoms with Gasteiger partial charge in [0.2, 0.25) is 5.91 Å². The molecule has 0 bridgehead atoms. The first-order valence-electron chi connectivity index (χ1n) is 10.3. The summed E-state index contributed by atoms with van der Waals surface area (Å²) in [5.74, 6) is 0.749. The van der Waals surface area contributed by atoms with E-state index in [9.17, 15) is 18.0 Å². The Morgan fingerprint density at radius 1 is 1.20 bits per heavy atom. The number of carbonyl (C=O) groups is 1. The Morgan fingerprint density at radius 3 is 2.83 bits per heavy atom. The normalized spacial score (nSPS) is 19.4. The minimum absolute atomic E-state index is 0.0872. The molecule has 2 aliphatic rings. The van der Waals surface area contributed by atoms with Gasteiger partial charge in [-0.05, 0) is 44.2 Å². The number of carbonyl (C=O) groups excluding carboxylic acids is 1. The highest BCUT2D eigenvalue weighted by Crippen LogP contribution is 2.36. The summed E-state index contributed by atoms with van der Waals surface area (Å²) in [7, 11) is 0. The van der Waals surface area contributed by atoms with Crippen molar-refractivity contribution in [1.29, 1.82) is 0 Å². The van der Waals surface area contributed by atoms with Crippen LogP contribution in [-0.2, 0) is 30.4 Å². The minimum atomic E-state index is -4.49. The molecule has 6 nitrogen and oxygen atoms in total. The fourth-order valence-electron chi connectivity index (χ4n) is 4.69. The number of nitrogens with one attached hydrogen (secondary N) is 1. The molecule has 1 aliphatic carbocycles. The van der Waals surface area contributed by atoms with Gasteiger partial charge in [-0.2, -0.15) is 18.3 Å². The number of likely N-dealkylation sites (tertiary alicyclic amines) is 1. The van der Waals surface area contributed by atoms with Crippen molar-refractivity contribution >= 4 is 16.9 Å². The molecular formula is C21H22F3N5O. The van der Waals surface area contributed by atoms with Crippen LogP contribution in [0.3, 0.4) is 0 Å². The minimum Gasteiger partial charge on any atom is -0.342 e. The predicted molar refractivity (Wildman–Crippen MR) is 104 cm³/mol. The number of H-pyrrole nitrogens is 1. The van der Waals surface area contributed by atoms with Gasteiger partial charge in [-0.1, -0.05) is 12.1 Å². The molecule has 3 heterocycles. The van der Waals surface area contributed by atoms with E-state index >= 15 is 0 Å². The molecule has 30 heavy (non-hydrogen) atoms. The Labute approximate surface area is 171 Å². The second kappa shape index (κ2) is 7.14. The van der Waals surface area contributed by atoms with Gasteiger partial charge in [0.25, 0.3) is 0 Å². The molecule has 0 saturated carbocycles. The molecule has 158 valence electrons. The van der Waals surface area contributed by atoms with Gasteiger partial charge in [0.05, 0.1) is 11.0 Å². The predicted octanol–water partition coefficient (Wildman–Crippen LogP) is 3.67. The van der Waals surface area contributed by atoms with Crippen LogP contribution in [0.2, 0.25) is 0 Å². The fraction of sp³-hybridized carbons (Fsp3) is 0.476. The molecule has 1 amide bonds. The van der Waals surface area contributed by atoms with E-state index in [1.807, 2.05) is 24.3 Å². The van der Waals surface area contributed by atoms with E-state index in [2.05, 4.69) is 15.1 Å². The highest BCUT2D eigenvalue weighted by Gasteiger charge is 2.40. The standard InChI is InChI=1S/C21H22F3N5O/c22-21(23,24)19-14-6-3-9-17(14)29(27-19)12-18(30)28-10-4-5-13(11-28)20-25-15-7-1-2-8-16(15)26-20/h1-2,7-8,13H,3-6,9-12H2,(H,25,26). The van der Waals surface area contributed by atoms with Gasteiger partial charge in [0.1, 0.15) is 12.4 Å². The van der Waals surface area contributed by atoms with Crippen LogP contribution in [0, 0.1) is 0 Å². The van der Waals surface area contributed by atoms with Gasteiger partial charge in [-0.15, -0.1) is 0 Å². The smallest absolute Gasteiger partial charge is 0.342 e.